The van der Waals surface area contributed by atoms with Crippen molar-refractivity contribution in [1.82, 2.24) is 5.32 Å². The van der Waals surface area contributed by atoms with Crippen LogP contribution in [0.4, 0.5) is 0 Å². The van der Waals surface area contributed by atoms with Gasteiger partial charge in [0.1, 0.15) is 0 Å². The van der Waals surface area contributed by atoms with E-state index in [1.54, 1.807) is 0 Å². The predicted octanol–water partition coefficient (Wildman–Crippen LogP) is 4.81. The molecule has 1 aliphatic rings. The Kier molecular flexibility index (Phi) is 4.26. The molecule has 112 valence electrons. The van der Waals surface area contributed by atoms with Gasteiger partial charge in [-0.1, -0.05) is 84.5 Å². The molecule has 22 heavy (non-hydrogen) atoms. The number of benzene rings is 2. The van der Waals surface area contributed by atoms with Crippen LogP contribution in [0, 0.1) is 0 Å². The summed E-state index contributed by atoms with van der Waals surface area (Å²) >= 11 is 0. The van der Waals surface area contributed by atoms with Gasteiger partial charge in [-0.25, -0.2) is 0 Å². The minimum atomic E-state index is -0.199. The van der Waals surface area contributed by atoms with Crippen molar-refractivity contribution in [3.8, 4) is 0 Å². The van der Waals surface area contributed by atoms with E-state index in [4.69, 9.17) is 0 Å². The van der Waals surface area contributed by atoms with E-state index in [0.717, 1.165) is 6.42 Å². The van der Waals surface area contributed by atoms with Crippen molar-refractivity contribution in [3.63, 3.8) is 0 Å². The van der Waals surface area contributed by atoms with E-state index in [-0.39, 0.29) is 5.54 Å². The van der Waals surface area contributed by atoms with Crippen molar-refractivity contribution in [2.45, 2.75) is 31.8 Å². The molecule has 1 nitrogen and oxygen atoms in total. The van der Waals surface area contributed by atoms with Gasteiger partial charge in [0, 0.05) is 6.04 Å². The zero-order valence-corrected chi connectivity index (χ0v) is 13.3. The lowest BCUT2D eigenvalue weighted by Gasteiger charge is -2.36. The molecule has 1 atom stereocenters. The Morgan fingerprint density at radius 3 is 1.95 bits per heavy atom. The first-order chi connectivity index (χ1) is 10.7. The Bertz CT molecular complexity index is 628. The molecule has 0 spiro atoms. The Labute approximate surface area is 133 Å². The van der Waals surface area contributed by atoms with Crippen LogP contribution < -0.4 is 5.32 Å². The van der Waals surface area contributed by atoms with Crippen molar-refractivity contribution >= 4 is 0 Å². The quantitative estimate of drug-likeness (QED) is 0.851. The summed E-state index contributed by atoms with van der Waals surface area (Å²) in [5.41, 5.74) is 3.81. The summed E-state index contributed by atoms with van der Waals surface area (Å²) in [5.74, 6) is 0. The van der Waals surface area contributed by atoms with Gasteiger partial charge in [0.2, 0.25) is 0 Å². The van der Waals surface area contributed by atoms with Gasteiger partial charge in [0.05, 0.1) is 5.54 Å². The normalized spacial score (nSPS) is 18.1. The number of allylic oxidation sites excluding steroid dienone is 2. The van der Waals surface area contributed by atoms with Crippen molar-refractivity contribution in [1.29, 1.82) is 0 Å². The van der Waals surface area contributed by atoms with Crippen molar-refractivity contribution in [3.05, 3.63) is 95.6 Å². The van der Waals surface area contributed by atoms with Gasteiger partial charge in [0.15, 0.2) is 0 Å². The van der Waals surface area contributed by atoms with Gasteiger partial charge in [-0.2, -0.15) is 0 Å². The molecule has 0 radical (unpaired) electrons. The number of hydrogen-bond donors (Lipinski definition) is 1. The summed E-state index contributed by atoms with van der Waals surface area (Å²) in [6, 6.07) is 21.8. The average molecular weight is 289 g/mol. The molecular weight excluding hydrogens is 266 g/mol. The molecule has 0 amide bonds. The molecule has 1 aliphatic carbocycles. The van der Waals surface area contributed by atoms with E-state index >= 15 is 0 Å². The largest absolute Gasteiger partial charge is 0.297 e. The van der Waals surface area contributed by atoms with Gasteiger partial charge in [-0.15, -0.1) is 0 Å². The first-order valence-corrected chi connectivity index (χ1v) is 7.91. The van der Waals surface area contributed by atoms with Crippen molar-refractivity contribution < 1.29 is 0 Å². The molecule has 1 N–H and O–H groups in total. The van der Waals surface area contributed by atoms with Gasteiger partial charge in [-0.05, 0) is 31.4 Å². The van der Waals surface area contributed by atoms with Crippen LogP contribution in [0.5, 0.6) is 0 Å². The van der Waals surface area contributed by atoms with E-state index in [9.17, 15) is 0 Å². The lowest BCUT2D eigenvalue weighted by Crippen LogP contribution is -2.46. The van der Waals surface area contributed by atoms with Crippen molar-refractivity contribution in [2.75, 3.05) is 0 Å². The van der Waals surface area contributed by atoms with Crippen LogP contribution >= 0.6 is 0 Å². The maximum absolute atomic E-state index is 3.87. The Morgan fingerprint density at radius 1 is 0.909 bits per heavy atom. The second kappa shape index (κ2) is 6.33. The number of nitrogens with one attached hydrogen (secondary N) is 1. The van der Waals surface area contributed by atoms with Gasteiger partial charge >= 0.3 is 0 Å². The molecule has 0 aromatic heterocycles. The van der Waals surface area contributed by atoms with E-state index in [0.29, 0.717) is 6.04 Å². The molecule has 1 heteroatoms. The first kappa shape index (κ1) is 14.8. The SMILES string of the molecule is CC1=CC=CC(NC(C)(c2ccccc2)c2ccccc2)C1. The van der Waals surface area contributed by atoms with Crippen LogP contribution in [-0.4, -0.2) is 6.04 Å². The highest BCUT2D eigenvalue weighted by Crippen LogP contribution is 2.31. The lowest BCUT2D eigenvalue weighted by molar-refractivity contribution is 0.397. The van der Waals surface area contributed by atoms with Crippen LogP contribution in [0.3, 0.4) is 0 Å². The molecule has 1 unspecified atom stereocenters. The summed E-state index contributed by atoms with van der Waals surface area (Å²) in [7, 11) is 0. The highest BCUT2D eigenvalue weighted by atomic mass is 15.0. The third kappa shape index (κ3) is 3.05. The molecule has 2 aromatic carbocycles. The molecule has 0 saturated carbocycles. The summed E-state index contributed by atoms with van der Waals surface area (Å²) < 4.78 is 0. The summed E-state index contributed by atoms with van der Waals surface area (Å²) in [4.78, 5) is 0. The van der Waals surface area contributed by atoms with E-state index in [1.807, 2.05) is 0 Å². The highest BCUT2D eigenvalue weighted by Gasteiger charge is 2.30. The zero-order valence-electron chi connectivity index (χ0n) is 13.3. The fourth-order valence-corrected chi connectivity index (χ4v) is 3.18. The van der Waals surface area contributed by atoms with Gasteiger partial charge < -0.3 is 0 Å². The molecule has 2 aromatic rings. The van der Waals surface area contributed by atoms with Crippen molar-refractivity contribution in [2.24, 2.45) is 0 Å². The maximum atomic E-state index is 3.87. The first-order valence-electron chi connectivity index (χ1n) is 7.91. The molecule has 0 fully saturated rings. The molecule has 3 rings (SSSR count). The highest BCUT2D eigenvalue weighted by molar-refractivity contribution is 5.38. The summed E-state index contributed by atoms with van der Waals surface area (Å²) in [5, 5.41) is 3.87. The predicted molar refractivity (Wildman–Crippen MR) is 93.8 cm³/mol. The van der Waals surface area contributed by atoms with Crippen LogP contribution in [-0.2, 0) is 5.54 Å². The smallest absolute Gasteiger partial charge is 0.0666 e. The Balaban J connectivity index is 1.97. The van der Waals surface area contributed by atoms with Crippen LogP contribution in [0.2, 0.25) is 0 Å². The zero-order chi connectivity index (χ0) is 15.4. The third-order valence-electron chi connectivity index (χ3n) is 4.44. The number of hydrogen-bond acceptors (Lipinski definition) is 1. The molecule has 0 bridgehead atoms. The second-order valence-corrected chi connectivity index (χ2v) is 6.21. The fraction of sp³-hybridized carbons (Fsp3) is 0.238. The average Bonchev–Trinajstić information content (AvgIpc) is 2.56. The summed E-state index contributed by atoms with van der Waals surface area (Å²) in [6.07, 6.45) is 7.68. The summed E-state index contributed by atoms with van der Waals surface area (Å²) in [6.45, 7) is 4.47. The van der Waals surface area contributed by atoms with E-state index in [1.165, 1.54) is 16.7 Å². The Morgan fingerprint density at radius 2 is 1.45 bits per heavy atom. The van der Waals surface area contributed by atoms with E-state index in [2.05, 4.69) is 98.1 Å². The van der Waals surface area contributed by atoms with Crippen LogP contribution in [0.15, 0.2) is 84.5 Å². The number of rotatable bonds is 4. The van der Waals surface area contributed by atoms with Gasteiger partial charge in [-0.3, -0.25) is 5.32 Å². The molecule has 0 saturated heterocycles. The molecule has 0 aliphatic heterocycles. The van der Waals surface area contributed by atoms with E-state index < -0.39 is 0 Å². The topological polar surface area (TPSA) is 12.0 Å². The van der Waals surface area contributed by atoms with Crippen LogP contribution in [0.1, 0.15) is 31.4 Å². The standard InChI is InChI=1S/C21H23N/c1-17-10-9-15-20(16-17)22-21(2,18-11-5-3-6-12-18)19-13-7-4-8-14-19/h3-15,20,22H,16H2,1-2H3. The molecule has 0 heterocycles. The monoisotopic (exact) mass is 289 g/mol. The fourth-order valence-electron chi connectivity index (χ4n) is 3.18. The third-order valence-corrected chi connectivity index (χ3v) is 4.44. The van der Waals surface area contributed by atoms with Crippen LogP contribution in [0.25, 0.3) is 0 Å². The maximum Gasteiger partial charge on any atom is 0.0666 e. The van der Waals surface area contributed by atoms with Gasteiger partial charge in [0.25, 0.3) is 0 Å². The second-order valence-electron chi connectivity index (χ2n) is 6.21. The minimum Gasteiger partial charge on any atom is -0.297 e. The minimum absolute atomic E-state index is 0.199. The Hall–Kier alpha value is -2.12. The lowest BCUT2D eigenvalue weighted by atomic mass is 9.83. The molecular formula is C21H23N.